The van der Waals surface area contributed by atoms with E-state index in [1.807, 2.05) is 29.6 Å². The Morgan fingerprint density at radius 1 is 1.04 bits per heavy atom. The second-order valence-corrected chi connectivity index (χ2v) is 6.85. The highest BCUT2D eigenvalue weighted by Gasteiger charge is 2.30. The van der Waals surface area contributed by atoms with Crippen molar-refractivity contribution >= 4 is 61.7 Å². The molecular weight excluding hydrogens is 516 g/mol. The minimum absolute atomic E-state index is 0. The van der Waals surface area contributed by atoms with Crippen LogP contribution in [0.25, 0.3) is 11.3 Å². The van der Waals surface area contributed by atoms with Crippen LogP contribution in [0.4, 0.5) is 24.0 Å². The van der Waals surface area contributed by atoms with Crippen LogP contribution in [0.1, 0.15) is 5.56 Å². The van der Waals surface area contributed by atoms with Gasteiger partial charge in [-0.15, -0.1) is 28.3 Å². The predicted molar refractivity (Wildman–Crippen MR) is 105 cm³/mol. The summed E-state index contributed by atoms with van der Waals surface area (Å²) in [5, 5.41) is 5.35. The predicted octanol–water partition coefficient (Wildman–Crippen LogP) is 6.76. The highest BCUT2D eigenvalue weighted by atomic mass is 127. The molecule has 8 heteroatoms. The van der Waals surface area contributed by atoms with E-state index in [1.54, 1.807) is 6.07 Å². The van der Waals surface area contributed by atoms with Gasteiger partial charge in [-0.3, -0.25) is 0 Å². The van der Waals surface area contributed by atoms with Crippen molar-refractivity contribution in [1.82, 2.24) is 4.98 Å². The Hall–Kier alpha value is -1.13. The lowest BCUT2D eigenvalue weighted by Crippen LogP contribution is -2.05. The zero-order valence-electron chi connectivity index (χ0n) is 12.0. The molecule has 0 saturated carbocycles. The molecule has 2 nitrogen and oxygen atoms in total. The zero-order valence-corrected chi connectivity index (χ0v) is 16.7. The first-order valence-electron chi connectivity index (χ1n) is 6.57. The van der Waals surface area contributed by atoms with Crippen LogP contribution in [0.15, 0.2) is 53.9 Å². The van der Waals surface area contributed by atoms with Crippen molar-refractivity contribution in [3.8, 4) is 11.3 Å². The van der Waals surface area contributed by atoms with Crippen LogP contribution in [0, 0.1) is 3.57 Å². The van der Waals surface area contributed by atoms with Gasteiger partial charge >= 0.3 is 6.18 Å². The Balaban J connectivity index is 0.00000208. The van der Waals surface area contributed by atoms with Crippen LogP contribution >= 0.6 is 50.9 Å². The molecule has 3 aromatic rings. The van der Waals surface area contributed by atoms with Gasteiger partial charge in [-0.05, 0) is 52.9 Å². The van der Waals surface area contributed by atoms with E-state index in [0.29, 0.717) is 10.8 Å². The van der Waals surface area contributed by atoms with Crippen LogP contribution < -0.4 is 5.32 Å². The molecule has 3 rings (SSSR count). The fraction of sp³-hybridized carbons (Fsp3) is 0.0625. The van der Waals surface area contributed by atoms with Crippen molar-refractivity contribution in [2.24, 2.45) is 0 Å². The summed E-state index contributed by atoms with van der Waals surface area (Å²) in [7, 11) is 0. The third-order valence-electron chi connectivity index (χ3n) is 3.09. The number of aromatic nitrogens is 1. The maximum atomic E-state index is 12.7. The van der Waals surface area contributed by atoms with E-state index in [9.17, 15) is 13.2 Å². The van der Waals surface area contributed by atoms with Gasteiger partial charge in [0.2, 0.25) is 0 Å². The second kappa shape index (κ2) is 7.83. The summed E-state index contributed by atoms with van der Waals surface area (Å²) < 4.78 is 39.3. The fourth-order valence-corrected chi connectivity index (χ4v) is 3.08. The van der Waals surface area contributed by atoms with Gasteiger partial charge in [0.25, 0.3) is 0 Å². The number of benzene rings is 2. The molecule has 0 saturated heterocycles. The van der Waals surface area contributed by atoms with E-state index in [-0.39, 0.29) is 17.0 Å². The van der Waals surface area contributed by atoms with Crippen LogP contribution in [-0.2, 0) is 6.18 Å². The van der Waals surface area contributed by atoms with Gasteiger partial charge in [0, 0.05) is 20.2 Å². The Labute approximate surface area is 165 Å². The lowest BCUT2D eigenvalue weighted by atomic mass is 10.2. The fourth-order valence-electron chi connectivity index (χ4n) is 1.98. The van der Waals surface area contributed by atoms with Gasteiger partial charge < -0.3 is 5.32 Å². The summed E-state index contributed by atoms with van der Waals surface area (Å²) in [5.74, 6) is 0. The molecule has 0 aliphatic heterocycles. The van der Waals surface area contributed by atoms with Gasteiger partial charge in [0.1, 0.15) is 0 Å². The Bertz CT molecular complexity index is 819. The Morgan fingerprint density at radius 2 is 1.75 bits per heavy atom. The van der Waals surface area contributed by atoms with Crippen molar-refractivity contribution in [2.75, 3.05) is 5.32 Å². The molecule has 0 spiro atoms. The summed E-state index contributed by atoms with van der Waals surface area (Å²) in [6.45, 7) is 0. The number of halogens is 5. The largest absolute Gasteiger partial charge is 0.416 e. The first-order valence-corrected chi connectivity index (χ1v) is 8.53. The van der Waals surface area contributed by atoms with Gasteiger partial charge in [-0.2, -0.15) is 13.2 Å². The van der Waals surface area contributed by atoms with Gasteiger partial charge in [-0.25, -0.2) is 4.98 Å². The molecular formula is C16H11BrF3IN2S. The molecule has 1 aromatic heterocycles. The van der Waals surface area contributed by atoms with Crippen molar-refractivity contribution in [3.63, 3.8) is 0 Å². The minimum atomic E-state index is -4.35. The SMILES string of the molecule is Br.FC(F)(F)c1cccc(Nc2nc(-c3ccc(I)cc3)cs2)c1. The number of thiazole rings is 1. The number of hydrogen-bond acceptors (Lipinski definition) is 3. The van der Waals surface area contributed by atoms with Crippen LogP contribution in [0.3, 0.4) is 0 Å². The number of anilines is 2. The third-order valence-corrected chi connectivity index (χ3v) is 4.56. The van der Waals surface area contributed by atoms with E-state index < -0.39 is 11.7 Å². The molecule has 0 radical (unpaired) electrons. The summed E-state index contributed by atoms with van der Waals surface area (Å²) >= 11 is 3.57. The van der Waals surface area contributed by atoms with Crippen molar-refractivity contribution in [2.45, 2.75) is 6.18 Å². The average molecular weight is 527 g/mol. The Kier molecular flexibility index (Phi) is 6.27. The van der Waals surface area contributed by atoms with Gasteiger partial charge in [0.15, 0.2) is 5.13 Å². The number of rotatable bonds is 3. The van der Waals surface area contributed by atoms with E-state index in [2.05, 4.69) is 32.9 Å². The van der Waals surface area contributed by atoms with E-state index in [1.165, 1.54) is 17.4 Å². The summed E-state index contributed by atoms with van der Waals surface area (Å²) in [6.07, 6.45) is -4.35. The summed E-state index contributed by atoms with van der Waals surface area (Å²) in [6, 6.07) is 13.0. The molecule has 0 atom stereocenters. The van der Waals surface area contributed by atoms with E-state index in [0.717, 1.165) is 27.0 Å². The first kappa shape index (κ1) is 19.2. The van der Waals surface area contributed by atoms with Crippen LogP contribution in [-0.4, -0.2) is 4.98 Å². The molecule has 0 amide bonds. The van der Waals surface area contributed by atoms with E-state index in [4.69, 9.17) is 0 Å². The molecule has 0 unspecified atom stereocenters. The normalized spacial score (nSPS) is 11.0. The molecule has 0 aliphatic carbocycles. The first-order chi connectivity index (χ1) is 10.9. The van der Waals surface area contributed by atoms with Crippen LogP contribution in [0.2, 0.25) is 0 Å². The molecule has 0 aliphatic rings. The maximum absolute atomic E-state index is 12.7. The smallest absolute Gasteiger partial charge is 0.332 e. The lowest BCUT2D eigenvalue weighted by Gasteiger charge is -2.08. The lowest BCUT2D eigenvalue weighted by molar-refractivity contribution is -0.137. The monoisotopic (exact) mass is 526 g/mol. The molecule has 126 valence electrons. The molecule has 0 bridgehead atoms. The van der Waals surface area contributed by atoms with Crippen molar-refractivity contribution in [1.29, 1.82) is 0 Å². The van der Waals surface area contributed by atoms with Gasteiger partial charge in [0.05, 0.1) is 11.3 Å². The molecule has 2 aromatic carbocycles. The number of hydrogen-bond donors (Lipinski definition) is 1. The highest BCUT2D eigenvalue weighted by Crippen LogP contribution is 2.32. The maximum Gasteiger partial charge on any atom is 0.416 e. The summed E-state index contributed by atoms with van der Waals surface area (Å²) in [4.78, 5) is 4.42. The highest BCUT2D eigenvalue weighted by molar-refractivity contribution is 14.1. The quantitative estimate of drug-likeness (QED) is 0.381. The number of nitrogens with one attached hydrogen (secondary N) is 1. The Morgan fingerprint density at radius 3 is 2.42 bits per heavy atom. The average Bonchev–Trinajstić information content (AvgIpc) is 2.96. The molecule has 1 N–H and O–H groups in total. The van der Waals surface area contributed by atoms with E-state index >= 15 is 0 Å². The zero-order chi connectivity index (χ0) is 16.4. The number of alkyl halides is 3. The second-order valence-electron chi connectivity index (χ2n) is 4.75. The standard InChI is InChI=1S/C16H10F3IN2S.BrH/c17-16(18,19)11-2-1-3-13(8-11)21-15-22-14(9-23-15)10-4-6-12(20)7-5-10;/h1-9H,(H,21,22);1H. The summed E-state index contributed by atoms with van der Waals surface area (Å²) in [5.41, 5.74) is 1.44. The van der Waals surface area contributed by atoms with Gasteiger partial charge in [-0.1, -0.05) is 18.2 Å². The van der Waals surface area contributed by atoms with Crippen LogP contribution in [0.5, 0.6) is 0 Å². The minimum Gasteiger partial charge on any atom is -0.332 e. The topological polar surface area (TPSA) is 24.9 Å². The molecule has 0 fully saturated rings. The van der Waals surface area contributed by atoms with Crippen molar-refractivity contribution in [3.05, 3.63) is 63.0 Å². The third kappa shape index (κ3) is 4.70. The van der Waals surface area contributed by atoms with Crippen molar-refractivity contribution < 1.29 is 13.2 Å². The molecule has 1 heterocycles. The molecule has 24 heavy (non-hydrogen) atoms. The number of nitrogens with zero attached hydrogens (tertiary/aromatic N) is 1.